The summed E-state index contributed by atoms with van der Waals surface area (Å²) >= 11 is 0. The summed E-state index contributed by atoms with van der Waals surface area (Å²) in [6.45, 7) is 13.3. The molecule has 2 nitrogen and oxygen atoms in total. The van der Waals surface area contributed by atoms with E-state index in [1.807, 2.05) is 6.92 Å². The Morgan fingerprint density at radius 1 is 1.00 bits per heavy atom. The van der Waals surface area contributed by atoms with E-state index in [2.05, 4.69) is 32.6 Å². The summed E-state index contributed by atoms with van der Waals surface area (Å²) in [7, 11) is 0. The second-order valence-corrected chi connectivity index (χ2v) is 5.33. The Morgan fingerprint density at radius 2 is 1.60 bits per heavy atom. The van der Waals surface area contributed by atoms with Gasteiger partial charge in [0.15, 0.2) is 0 Å². The van der Waals surface area contributed by atoms with Gasteiger partial charge in [-0.05, 0) is 52.5 Å². The largest absolute Gasteiger partial charge is 0.393 e. The molecule has 0 aliphatic carbocycles. The van der Waals surface area contributed by atoms with Crippen LogP contribution in [-0.4, -0.2) is 35.2 Å². The van der Waals surface area contributed by atoms with E-state index in [1.54, 1.807) is 0 Å². The molecule has 0 saturated carbocycles. The van der Waals surface area contributed by atoms with Crippen molar-refractivity contribution in [1.29, 1.82) is 0 Å². The lowest BCUT2D eigenvalue weighted by Gasteiger charge is -2.28. The van der Waals surface area contributed by atoms with E-state index < -0.39 is 0 Å². The highest BCUT2D eigenvalue weighted by Gasteiger charge is 2.10. The molecule has 0 aliphatic heterocycles. The first kappa shape index (κ1) is 14.9. The van der Waals surface area contributed by atoms with Crippen LogP contribution in [0, 0.1) is 5.92 Å². The van der Waals surface area contributed by atoms with E-state index in [-0.39, 0.29) is 6.10 Å². The normalized spacial score (nSPS) is 14.2. The number of hydrogen-bond donors (Lipinski definition) is 1. The first-order valence-corrected chi connectivity index (χ1v) is 6.35. The van der Waals surface area contributed by atoms with E-state index in [0.717, 1.165) is 18.8 Å². The van der Waals surface area contributed by atoms with Crippen molar-refractivity contribution in [2.24, 2.45) is 5.92 Å². The molecule has 0 rings (SSSR count). The SMILES string of the molecule is CC(C)CN(CCCCC(C)O)C(C)C. The Balaban J connectivity index is 3.67. The second-order valence-electron chi connectivity index (χ2n) is 5.33. The van der Waals surface area contributed by atoms with E-state index in [1.165, 1.54) is 19.5 Å². The molecule has 0 fully saturated rings. The number of nitrogens with zero attached hydrogens (tertiary/aromatic N) is 1. The third kappa shape index (κ3) is 8.88. The summed E-state index contributed by atoms with van der Waals surface area (Å²) in [4.78, 5) is 2.53. The zero-order valence-corrected chi connectivity index (χ0v) is 11.2. The molecule has 0 aromatic heterocycles. The maximum Gasteiger partial charge on any atom is 0.0512 e. The molecule has 0 bridgehead atoms. The van der Waals surface area contributed by atoms with Crippen molar-refractivity contribution in [3.05, 3.63) is 0 Å². The van der Waals surface area contributed by atoms with Gasteiger partial charge in [0.2, 0.25) is 0 Å². The fourth-order valence-electron chi connectivity index (χ4n) is 1.78. The van der Waals surface area contributed by atoms with Crippen LogP contribution in [0.5, 0.6) is 0 Å². The summed E-state index contributed by atoms with van der Waals surface area (Å²) in [5.74, 6) is 0.740. The lowest BCUT2D eigenvalue weighted by molar-refractivity contribution is 0.167. The van der Waals surface area contributed by atoms with Gasteiger partial charge in [0.05, 0.1) is 6.10 Å². The van der Waals surface area contributed by atoms with Crippen molar-refractivity contribution in [1.82, 2.24) is 4.90 Å². The van der Waals surface area contributed by atoms with Crippen LogP contribution in [0.2, 0.25) is 0 Å². The third-order valence-corrected chi connectivity index (χ3v) is 2.65. The minimum atomic E-state index is -0.136. The number of aliphatic hydroxyl groups excluding tert-OH is 1. The van der Waals surface area contributed by atoms with Gasteiger partial charge in [-0.1, -0.05) is 13.8 Å². The zero-order valence-electron chi connectivity index (χ0n) is 11.2. The van der Waals surface area contributed by atoms with E-state index in [9.17, 15) is 0 Å². The molecule has 1 atom stereocenters. The average Bonchev–Trinajstić information content (AvgIpc) is 2.08. The van der Waals surface area contributed by atoms with Gasteiger partial charge in [0, 0.05) is 12.6 Å². The van der Waals surface area contributed by atoms with Crippen LogP contribution < -0.4 is 0 Å². The molecule has 0 aromatic rings. The van der Waals surface area contributed by atoms with Gasteiger partial charge in [-0.15, -0.1) is 0 Å². The second kappa shape index (κ2) is 8.12. The highest BCUT2D eigenvalue weighted by Crippen LogP contribution is 2.08. The molecule has 15 heavy (non-hydrogen) atoms. The van der Waals surface area contributed by atoms with Crippen molar-refractivity contribution in [3.8, 4) is 0 Å². The monoisotopic (exact) mass is 215 g/mol. The van der Waals surface area contributed by atoms with Crippen LogP contribution in [0.3, 0.4) is 0 Å². The van der Waals surface area contributed by atoms with Gasteiger partial charge in [0.25, 0.3) is 0 Å². The zero-order chi connectivity index (χ0) is 11.8. The molecule has 0 radical (unpaired) electrons. The average molecular weight is 215 g/mol. The Hall–Kier alpha value is -0.0800. The minimum absolute atomic E-state index is 0.136. The third-order valence-electron chi connectivity index (χ3n) is 2.65. The van der Waals surface area contributed by atoms with Gasteiger partial charge in [-0.2, -0.15) is 0 Å². The molecule has 0 spiro atoms. The smallest absolute Gasteiger partial charge is 0.0512 e. The molecule has 1 unspecified atom stereocenters. The molecule has 0 amide bonds. The molecule has 1 N–H and O–H groups in total. The summed E-state index contributed by atoms with van der Waals surface area (Å²) in [5, 5.41) is 9.16. The summed E-state index contributed by atoms with van der Waals surface area (Å²) in [6.07, 6.45) is 3.14. The van der Waals surface area contributed by atoms with E-state index in [0.29, 0.717) is 6.04 Å². The highest BCUT2D eigenvalue weighted by atomic mass is 16.3. The predicted molar refractivity (Wildman–Crippen MR) is 67.1 cm³/mol. The lowest BCUT2D eigenvalue weighted by Crippen LogP contribution is -2.35. The van der Waals surface area contributed by atoms with E-state index >= 15 is 0 Å². The number of unbranched alkanes of at least 4 members (excludes halogenated alkanes) is 1. The molecule has 0 heterocycles. The molecule has 0 aromatic carbocycles. The summed E-state index contributed by atoms with van der Waals surface area (Å²) in [6, 6.07) is 0.638. The number of rotatable bonds is 8. The lowest BCUT2D eigenvalue weighted by atomic mass is 10.1. The maximum atomic E-state index is 9.16. The van der Waals surface area contributed by atoms with Crippen LogP contribution in [-0.2, 0) is 0 Å². The highest BCUT2D eigenvalue weighted by molar-refractivity contribution is 4.65. The maximum absolute atomic E-state index is 9.16. The van der Waals surface area contributed by atoms with Crippen molar-refractivity contribution in [3.63, 3.8) is 0 Å². The van der Waals surface area contributed by atoms with Crippen molar-refractivity contribution >= 4 is 0 Å². The Labute approximate surface area is 95.7 Å². The molecule has 0 aliphatic rings. The van der Waals surface area contributed by atoms with Gasteiger partial charge in [-0.3, -0.25) is 0 Å². The first-order chi connectivity index (χ1) is 6.93. The Bertz CT molecular complexity index is 143. The molecule has 2 heteroatoms. The van der Waals surface area contributed by atoms with Crippen LogP contribution in [0.4, 0.5) is 0 Å². The number of aliphatic hydroxyl groups is 1. The van der Waals surface area contributed by atoms with Crippen LogP contribution in [0.15, 0.2) is 0 Å². The van der Waals surface area contributed by atoms with Gasteiger partial charge in [0.1, 0.15) is 0 Å². The fourth-order valence-corrected chi connectivity index (χ4v) is 1.78. The van der Waals surface area contributed by atoms with Crippen molar-refractivity contribution in [2.45, 2.75) is 66.0 Å². The van der Waals surface area contributed by atoms with Crippen LogP contribution >= 0.6 is 0 Å². The fraction of sp³-hybridized carbons (Fsp3) is 1.00. The standard InChI is InChI=1S/C13H29NO/c1-11(2)10-14(12(3)4)9-7-6-8-13(5)15/h11-13,15H,6-10H2,1-5H3. The predicted octanol–water partition coefficient (Wildman–Crippen LogP) is 2.90. The molecular weight excluding hydrogens is 186 g/mol. The molecule has 0 saturated heterocycles. The summed E-state index contributed by atoms with van der Waals surface area (Å²) in [5.41, 5.74) is 0. The Morgan fingerprint density at radius 3 is 2.00 bits per heavy atom. The topological polar surface area (TPSA) is 23.5 Å². The summed E-state index contributed by atoms with van der Waals surface area (Å²) < 4.78 is 0. The van der Waals surface area contributed by atoms with Crippen molar-refractivity contribution in [2.75, 3.05) is 13.1 Å². The van der Waals surface area contributed by atoms with E-state index in [4.69, 9.17) is 5.11 Å². The van der Waals surface area contributed by atoms with Crippen LogP contribution in [0.1, 0.15) is 53.9 Å². The van der Waals surface area contributed by atoms with Crippen LogP contribution in [0.25, 0.3) is 0 Å². The number of hydrogen-bond acceptors (Lipinski definition) is 2. The van der Waals surface area contributed by atoms with Crippen molar-refractivity contribution < 1.29 is 5.11 Å². The molecular formula is C13H29NO. The van der Waals surface area contributed by atoms with Gasteiger partial charge >= 0.3 is 0 Å². The quantitative estimate of drug-likeness (QED) is 0.629. The minimum Gasteiger partial charge on any atom is -0.393 e. The Kier molecular flexibility index (Phi) is 8.07. The van der Waals surface area contributed by atoms with Gasteiger partial charge in [-0.25, -0.2) is 0 Å². The van der Waals surface area contributed by atoms with Gasteiger partial charge < -0.3 is 10.0 Å². The first-order valence-electron chi connectivity index (χ1n) is 6.35. The molecule has 92 valence electrons.